The quantitative estimate of drug-likeness (QED) is 0.625. The summed E-state index contributed by atoms with van der Waals surface area (Å²) >= 11 is 2.60. The second kappa shape index (κ2) is 8.41. The van der Waals surface area contributed by atoms with Crippen LogP contribution in [0.3, 0.4) is 0 Å². The van der Waals surface area contributed by atoms with Gasteiger partial charge in [0.25, 0.3) is 5.91 Å². The predicted molar refractivity (Wildman–Crippen MR) is 112 cm³/mol. The van der Waals surface area contributed by atoms with Gasteiger partial charge in [-0.05, 0) is 23.6 Å². The number of cyclic esters (lactones) is 1. The van der Waals surface area contributed by atoms with Crippen LogP contribution in [0.1, 0.15) is 15.4 Å². The van der Waals surface area contributed by atoms with E-state index in [-0.39, 0.29) is 18.2 Å². The first-order chi connectivity index (χ1) is 14.1. The first-order valence-corrected chi connectivity index (χ1v) is 10.5. The molecule has 0 bridgehead atoms. The van der Waals surface area contributed by atoms with Crippen molar-refractivity contribution in [3.05, 3.63) is 57.7 Å². The Balaban J connectivity index is 1.39. The number of anilines is 3. The molecule has 2 aromatic heterocycles. The van der Waals surface area contributed by atoms with Crippen LogP contribution < -0.4 is 15.5 Å². The number of thiazole rings is 1. The van der Waals surface area contributed by atoms with Gasteiger partial charge in [-0.15, -0.1) is 22.7 Å². The maximum Gasteiger partial charge on any atom is 0.414 e. The number of rotatable bonds is 6. The highest BCUT2D eigenvalue weighted by atomic mass is 32.1. The number of carbonyl (C=O) groups excluding carboxylic acids is 3. The third-order valence-corrected chi connectivity index (χ3v) is 5.76. The second-order valence-corrected chi connectivity index (χ2v) is 7.89. The number of thiophene rings is 1. The molecule has 148 valence electrons. The molecule has 1 aliphatic rings. The molecule has 4 rings (SSSR count). The summed E-state index contributed by atoms with van der Waals surface area (Å²) in [6.07, 6.45) is -0.387. The Kier molecular flexibility index (Phi) is 5.54. The van der Waals surface area contributed by atoms with Crippen molar-refractivity contribution in [3.8, 4) is 0 Å². The van der Waals surface area contributed by atoms with Crippen molar-refractivity contribution >= 4 is 57.1 Å². The van der Waals surface area contributed by atoms with Crippen LogP contribution in [-0.4, -0.2) is 36.0 Å². The second-order valence-electron chi connectivity index (χ2n) is 6.08. The average Bonchev–Trinajstić information content (AvgIpc) is 3.45. The summed E-state index contributed by atoms with van der Waals surface area (Å²) in [5.41, 5.74) is 1.66. The van der Waals surface area contributed by atoms with E-state index in [2.05, 4.69) is 15.6 Å². The Bertz CT molecular complexity index is 1050. The number of ether oxygens (including phenoxy) is 1. The van der Waals surface area contributed by atoms with Crippen molar-refractivity contribution < 1.29 is 19.1 Å². The molecule has 1 fully saturated rings. The molecule has 0 unspecified atom stereocenters. The number of hydrogen-bond donors (Lipinski definition) is 2. The Morgan fingerprint density at radius 3 is 2.76 bits per heavy atom. The molecule has 3 amide bonds. The summed E-state index contributed by atoms with van der Waals surface area (Å²) in [6.45, 7) is 0.755. The molecule has 0 aliphatic carbocycles. The fraction of sp³-hybridized carbons (Fsp3) is 0.158. The van der Waals surface area contributed by atoms with Crippen molar-refractivity contribution in [2.45, 2.75) is 6.42 Å². The molecular formula is C19H16N4O4S2. The van der Waals surface area contributed by atoms with Crippen LogP contribution in [0.2, 0.25) is 0 Å². The molecule has 8 nitrogen and oxygen atoms in total. The van der Waals surface area contributed by atoms with E-state index in [1.807, 2.05) is 5.38 Å². The Morgan fingerprint density at radius 1 is 1.14 bits per heavy atom. The standard InChI is InChI=1S/C19H16N4O4S2/c24-16(21-13-4-1-2-5-14(13)23-7-8-27-19(23)26)10-12-11-29-18(20-12)22-17(25)15-6-3-9-28-15/h1-6,9,11H,7-8,10H2,(H,21,24)(H,20,22,25). The van der Waals surface area contributed by atoms with E-state index in [9.17, 15) is 14.4 Å². The van der Waals surface area contributed by atoms with Crippen LogP contribution in [-0.2, 0) is 16.0 Å². The van der Waals surface area contributed by atoms with Crippen LogP contribution in [0.5, 0.6) is 0 Å². The molecule has 1 aromatic carbocycles. The summed E-state index contributed by atoms with van der Waals surface area (Å²) in [7, 11) is 0. The van der Waals surface area contributed by atoms with E-state index in [0.717, 1.165) is 0 Å². The predicted octanol–water partition coefficient (Wildman–Crippen LogP) is 3.59. The minimum atomic E-state index is -0.433. The number of nitrogens with one attached hydrogen (secondary N) is 2. The van der Waals surface area contributed by atoms with Crippen LogP contribution >= 0.6 is 22.7 Å². The van der Waals surface area contributed by atoms with Gasteiger partial charge in [0.2, 0.25) is 5.91 Å². The largest absolute Gasteiger partial charge is 0.447 e. The van der Waals surface area contributed by atoms with Gasteiger partial charge in [-0.25, -0.2) is 9.78 Å². The lowest BCUT2D eigenvalue weighted by atomic mass is 10.2. The van der Waals surface area contributed by atoms with Gasteiger partial charge in [0, 0.05) is 5.38 Å². The zero-order valence-corrected chi connectivity index (χ0v) is 16.7. The highest BCUT2D eigenvalue weighted by Gasteiger charge is 2.26. The van der Waals surface area contributed by atoms with Gasteiger partial charge in [0.1, 0.15) is 6.61 Å². The molecule has 1 aliphatic heterocycles. The fourth-order valence-electron chi connectivity index (χ4n) is 2.80. The summed E-state index contributed by atoms with van der Waals surface area (Å²) in [5, 5.41) is 9.54. The number of carbonyl (C=O) groups is 3. The Hall–Kier alpha value is -3.24. The number of benzene rings is 1. The topological polar surface area (TPSA) is 101 Å². The van der Waals surface area contributed by atoms with Gasteiger partial charge in [0.15, 0.2) is 5.13 Å². The van der Waals surface area contributed by atoms with Gasteiger partial charge in [-0.3, -0.25) is 19.8 Å². The maximum absolute atomic E-state index is 12.5. The Labute approximate surface area is 174 Å². The summed E-state index contributed by atoms with van der Waals surface area (Å²) in [5.74, 6) is -0.497. The Morgan fingerprint density at radius 2 is 2.00 bits per heavy atom. The summed E-state index contributed by atoms with van der Waals surface area (Å²) in [6, 6.07) is 10.6. The highest BCUT2D eigenvalue weighted by Crippen LogP contribution is 2.28. The SMILES string of the molecule is O=C(Cc1csc(NC(=O)c2cccs2)n1)Nc1ccccc1N1CCOC1=O. The third kappa shape index (κ3) is 4.44. The van der Waals surface area contributed by atoms with Crippen LogP contribution in [0.15, 0.2) is 47.2 Å². The van der Waals surface area contributed by atoms with E-state index in [1.165, 1.54) is 27.6 Å². The highest BCUT2D eigenvalue weighted by molar-refractivity contribution is 7.14. The van der Waals surface area contributed by atoms with Crippen LogP contribution in [0.4, 0.5) is 21.3 Å². The van der Waals surface area contributed by atoms with Gasteiger partial charge < -0.3 is 10.1 Å². The smallest absolute Gasteiger partial charge is 0.414 e. The number of para-hydroxylation sites is 2. The lowest BCUT2D eigenvalue weighted by Gasteiger charge is -2.17. The van der Waals surface area contributed by atoms with Gasteiger partial charge >= 0.3 is 6.09 Å². The molecule has 1 saturated heterocycles. The van der Waals surface area contributed by atoms with Crippen molar-refractivity contribution in [2.75, 3.05) is 28.7 Å². The van der Waals surface area contributed by atoms with Crippen molar-refractivity contribution in [1.29, 1.82) is 0 Å². The average molecular weight is 428 g/mol. The number of hydrogen-bond acceptors (Lipinski definition) is 7. The minimum absolute atomic E-state index is 0.0458. The molecule has 2 N–H and O–H groups in total. The van der Waals surface area contributed by atoms with Gasteiger partial charge in [-0.2, -0.15) is 0 Å². The van der Waals surface area contributed by atoms with Gasteiger partial charge in [0.05, 0.1) is 34.9 Å². The van der Waals surface area contributed by atoms with E-state index in [1.54, 1.807) is 41.8 Å². The van der Waals surface area contributed by atoms with E-state index >= 15 is 0 Å². The van der Waals surface area contributed by atoms with Crippen molar-refractivity contribution in [2.24, 2.45) is 0 Å². The first kappa shape index (κ1) is 19.1. The maximum atomic E-state index is 12.5. The van der Waals surface area contributed by atoms with Crippen molar-refractivity contribution in [1.82, 2.24) is 4.98 Å². The summed E-state index contributed by atoms with van der Waals surface area (Å²) in [4.78, 5) is 42.8. The molecular weight excluding hydrogens is 412 g/mol. The summed E-state index contributed by atoms with van der Waals surface area (Å²) < 4.78 is 4.97. The lowest BCUT2D eigenvalue weighted by Crippen LogP contribution is -2.25. The number of amides is 3. The van der Waals surface area contributed by atoms with E-state index in [0.29, 0.717) is 40.2 Å². The monoisotopic (exact) mass is 428 g/mol. The zero-order chi connectivity index (χ0) is 20.2. The fourth-order valence-corrected chi connectivity index (χ4v) is 4.12. The molecule has 3 heterocycles. The molecule has 0 spiro atoms. The third-order valence-electron chi connectivity index (χ3n) is 4.09. The van der Waals surface area contributed by atoms with E-state index < -0.39 is 6.09 Å². The van der Waals surface area contributed by atoms with E-state index in [4.69, 9.17) is 4.74 Å². The lowest BCUT2D eigenvalue weighted by molar-refractivity contribution is -0.115. The minimum Gasteiger partial charge on any atom is -0.447 e. The number of aromatic nitrogens is 1. The first-order valence-electron chi connectivity index (χ1n) is 8.72. The molecule has 10 heteroatoms. The van der Waals surface area contributed by atoms with Crippen LogP contribution in [0.25, 0.3) is 0 Å². The molecule has 0 atom stereocenters. The van der Waals surface area contributed by atoms with Crippen molar-refractivity contribution in [3.63, 3.8) is 0 Å². The molecule has 0 radical (unpaired) electrons. The molecule has 29 heavy (non-hydrogen) atoms. The normalized spacial score (nSPS) is 13.2. The molecule has 3 aromatic rings. The van der Waals surface area contributed by atoms with Crippen LogP contribution in [0, 0.1) is 0 Å². The zero-order valence-electron chi connectivity index (χ0n) is 15.1. The van der Waals surface area contributed by atoms with Gasteiger partial charge in [-0.1, -0.05) is 18.2 Å². The number of nitrogens with zero attached hydrogens (tertiary/aromatic N) is 2. The molecule has 0 saturated carbocycles.